The quantitative estimate of drug-likeness (QED) is 0.200. The zero-order chi connectivity index (χ0) is 29.2. The number of ether oxygens (including phenoxy) is 2. The molecule has 2 aliphatic rings. The Balaban J connectivity index is 1.32. The Morgan fingerprint density at radius 1 is 0.524 bits per heavy atom. The minimum Gasteiger partial charge on any atom is -0.494 e. The third-order valence-corrected chi connectivity index (χ3v) is 7.17. The summed E-state index contributed by atoms with van der Waals surface area (Å²) >= 11 is 0. The highest BCUT2D eigenvalue weighted by atomic mass is 16.5. The first-order valence-corrected chi connectivity index (χ1v) is 15.6. The van der Waals surface area contributed by atoms with E-state index in [0.29, 0.717) is 0 Å². The molecule has 220 valence electrons. The molecule has 4 heteroatoms. The molecule has 2 aliphatic heterocycles. The van der Waals surface area contributed by atoms with Crippen molar-refractivity contribution in [3.05, 3.63) is 131 Å². The average Bonchev–Trinajstić information content (AvgIpc) is 3.04. The third kappa shape index (κ3) is 10.7. The van der Waals surface area contributed by atoms with Crippen LogP contribution in [-0.2, 0) is 0 Å². The number of dihydropyridines is 2. The second-order valence-corrected chi connectivity index (χ2v) is 10.7. The van der Waals surface area contributed by atoms with E-state index in [1.807, 2.05) is 12.4 Å². The Morgan fingerprint density at radius 2 is 0.952 bits per heavy atom. The molecule has 4 nitrogen and oxygen atoms in total. The number of unbranched alkanes of at least 4 members (excludes halogenated alkanes) is 6. The fourth-order valence-electron chi connectivity index (χ4n) is 4.66. The third-order valence-electron chi connectivity index (χ3n) is 7.17. The number of nitrogens with one attached hydrogen (secondary N) is 2. The van der Waals surface area contributed by atoms with E-state index < -0.39 is 0 Å². The maximum atomic E-state index is 5.87. The molecule has 0 unspecified atom stereocenters. The van der Waals surface area contributed by atoms with Gasteiger partial charge in [-0.3, -0.25) is 0 Å². The van der Waals surface area contributed by atoms with Crippen molar-refractivity contribution >= 4 is 12.2 Å². The summed E-state index contributed by atoms with van der Waals surface area (Å²) < 4.78 is 11.7. The SMILES string of the molecule is CCCCCCOc1ccc(C=CC2=CC(=C3C=C(C=Cc4ccc(OCCCCCC)cc4)C=CN3)NC=C2)cc1. The molecule has 0 spiro atoms. The molecule has 0 saturated heterocycles. The molecule has 42 heavy (non-hydrogen) atoms. The van der Waals surface area contributed by atoms with Crippen molar-refractivity contribution in [3.8, 4) is 11.5 Å². The maximum absolute atomic E-state index is 5.87. The lowest BCUT2D eigenvalue weighted by Crippen LogP contribution is -2.17. The van der Waals surface area contributed by atoms with Gasteiger partial charge in [-0.15, -0.1) is 0 Å². The summed E-state index contributed by atoms with van der Waals surface area (Å²) in [6.07, 6.45) is 30.7. The van der Waals surface area contributed by atoms with Crippen LogP contribution in [0.15, 0.2) is 120 Å². The van der Waals surface area contributed by atoms with E-state index >= 15 is 0 Å². The summed E-state index contributed by atoms with van der Waals surface area (Å²) in [6.45, 7) is 6.03. The van der Waals surface area contributed by atoms with Crippen molar-refractivity contribution in [2.75, 3.05) is 13.2 Å². The Labute approximate surface area is 252 Å². The van der Waals surface area contributed by atoms with Crippen LogP contribution >= 0.6 is 0 Å². The van der Waals surface area contributed by atoms with Gasteiger partial charge in [-0.05, 0) is 83.7 Å². The molecule has 0 bridgehead atoms. The van der Waals surface area contributed by atoms with E-state index in [-0.39, 0.29) is 0 Å². The molecular formula is C38H46N2O2. The standard InChI is InChI=1S/C38H46N2O2/c1-3-5-7-9-27-41-35-19-15-31(16-20-35)11-13-33-23-25-39-37(29-33)38-30-34(24-26-40-38)14-12-32-17-21-36(22-18-32)42-28-10-8-6-4-2/h11-26,29-30,39-40H,3-10,27-28H2,1-2H3. The van der Waals surface area contributed by atoms with E-state index in [1.54, 1.807) is 0 Å². The van der Waals surface area contributed by atoms with Crippen molar-refractivity contribution in [3.63, 3.8) is 0 Å². The summed E-state index contributed by atoms with van der Waals surface area (Å²) in [5.74, 6) is 1.87. The molecule has 0 radical (unpaired) electrons. The maximum Gasteiger partial charge on any atom is 0.119 e. The molecule has 2 N–H and O–H groups in total. The molecule has 2 aromatic rings. The van der Waals surface area contributed by atoms with Crippen molar-refractivity contribution in [2.45, 2.75) is 65.2 Å². The van der Waals surface area contributed by atoms with Crippen LogP contribution in [0.2, 0.25) is 0 Å². The molecule has 0 aromatic heterocycles. The van der Waals surface area contributed by atoms with Crippen LogP contribution in [0.5, 0.6) is 11.5 Å². The summed E-state index contributed by atoms with van der Waals surface area (Å²) in [5.41, 5.74) is 6.60. The van der Waals surface area contributed by atoms with Gasteiger partial charge in [-0.2, -0.15) is 0 Å². The minimum atomic E-state index is 0.786. The Hall–Kier alpha value is -4.18. The number of rotatable bonds is 16. The van der Waals surface area contributed by atoms with E-state index in [0.717, 1.165) is 71.2 Å². The van der Waals surface area contributed by atoms with Gasteiger partial charge in [0.25, 0.3) is 0 Å². The minimum absolute atomic E-state index is 0.786. The van der Waals surface area contributed by atoms with Gasteiger partial charge in [0.2, 0.25) is 0 Å². The lowest BCUT2D eigenvalue weighted by Gasteiger charge is -2.16. The van der Waals surface area contributed by atoms with Crippen LogP contribution in [0.25, 0.3) is 12.2 Å². The highest BCUT2D eigenvalue weighted by Gasteiger charge is 2.08. The van der Waals surface area contributed by atoms with Gasteiger partial charge in [0.05, 0.1) is 24.6 Å². The molecule has 0 atom stereocenters. The van der Waals surface area contributed by atoms with Gasteiger partial charge in [-0.1, -0.05) is 101 Å². The topological polar surface area (TPSA) is 42.5 Å². The molecule has 2 aromatic carbocycles. The monoisotopic (exact) mass is 562 g/mol. The first-order valence-electron chi connectivity index (χ1n) is 15.6. The highest BCUT2D eigenvalue weighted by molar-refractivity contribution is 5.60. The molecule has 0 aliphatic carbocycles. The zero-order valence-electron chi connectivity index (χ0n) is 25.3. The van der Waals surface area contributed by atoms with Crippen molar-refractivity contribution < 1.29 is 9.47 Å². The van der Waals surface area contributed by atoms with Gasteiger partial charge in [-0.25, -0.2) is 0 Å². The summed E-state index contributed by atoms with van der Waals surface area (Å²) in [6, 6.07) is 16.6. The van der Waals surface area contributed by atoms with Gasteiger partial charge < -0.3 is 20.1 Å². The van der Waals surface area contributed by atoms with Crippen LogP contribution in [0.4, 0.5) is 0 Å². The van der Waals surface area contributed by atoms with Gasteiger partial charge >= 0.3 is 0 Å². The van der Waals surface area contributed by atoms with Crippen LogP contribution in [0.1, 0.15) is 76.3 Å². The zero-order valence-corrected chi connectivity index (χ0v) is 25.3. The second kappa shape index (κ2) is 17.6. The van der Waals surface area contributed by atoms with Gasteiger partial charge in [0, 0.05) is 12.4 Å². The molecular weight excluding hydrogens is 516 g/mol. The van der Waals surface area contributed by atoms with E-state index in [1.165, 1.54) is 38.5 Å². The second-order valence-electron chi connectivity index (χ2n) is 10.7. The smallest absolute Gasteiger partial charge is 0.119 e. The normalized spacial score (nSPS) is 16.3. The predicted octanol–water partition coefficient (Wildman–Crippen LogP) is 9.63. The molecule has 0 saturated carbocycles. The lowest BCUT2D eigenvalue weighted by molar-refractivity contribution is 0.305. The first-order chi connectivity index (χ1) is 20.7. The Kier molecular flexibility index (Phi) is 12.9. The van der Waals surface area contributed by atoms with Crippen LogP contribution in [0, 0.1) is 0 Å². The number of hydrogen-bond acceptors (Lipinski definition) is 4. The van der Waals surface area contributed by atoms with Crippen LogP contribution in [0.3, 0.4) is 0 Å². The Bertz CT molecular complexity index is 1220. The number of hydrogen-bond donors (Lipinski definition) is 2. The lowest BCUT2D eigenvalue weighted by atomic mass is 10.1. The predicted molar refractivity (Wildman–Crippen MR) is 178 cm³/mol. The fourth-order valence-corrected chi connectivity index (χ4v) is 4.66. The molecule has 4 rings (SSSR count). The van der Waals surface area contributed by atoms with E-state index in [2.05, 4.69) is 122 Å². The van der Waals surface area contributed by atoms with Crippen LogP contribution < -0.4 is 20.1 Å². The van der Waals surface area contributed by atoms with Gasteiger partial charge in [0.15, 0.2) is 0 Å². The van der Waals surface area contributed by atoms with E-state index in [9.17, 15) is 0 Å². The highest BCUT2D eigenvalue weighted by Crippen LogP contribution is 2.20. The largest absolute Gasteiger partial charge is 0.494 e. The van der Waals surface area contributed by atoms with Gasteiger partial charge in [0.1, 0.15) is 11.5 Å². The number of benzene rings is 2. The van der Waals surface area contributed by atoms with Crippen LogP contribution in [-0.4, -0.2) is 13.2 Å². The fraction of sp³-hybridized carbons (Fsp3) is 0.316. The molecule has 0 amide bonds. The average molecular weight is 563 g/mol. The molecule has 2 heterocycles. The first kappa shape index (κ1) is 30.8. The van der Waals surface area contributed by atoms with Crippen molar-refractivity contribution in [1.82, 2.24) is 10.6 Å². The summed E-state index contributed by atoms with van der Waals surface area (Å²) in [5, 5.41) is 6.76. The summed E-state index contributed by atoms with van der Waals surface area (Å²) in [7, 11) is 0. The van der Waals surface area contributed by atoms with Crippen molar-refractivity contribution in [1.29, 1.82) is 0 Å². The Morgan fingerprint density at radius 3 is 1.36 bits per heavy atom. The van der Waals surface area contributed by atoms with Crippen molar-refractivity contribution in [2.24, 2.45) is 0 Å². The van der Waals surface area contributed by atoms with E-state index in [4.69, 9.17) is 9.47 Å². The summed E-state index contributed by atoms with van der Waals surface area (Å²) in [4.78, 5) is 0. The number of allylic oxidation sites excluding steroid dienone is 8. The molecule has 0 fully saturated rings.